The van der Waals surface area contributed by atoms with Gasteiger partial charge in [-0.05, 0) is 36.8 Å². The maximum atomic E-state index is 2.31. The van der Waals surface area contributed by atoms with Gasteiger partial charge in [-0.25, -0.2) is 0 Å². The summed E-state index contributed by atoms with van der Waals surface area (Å²) in [6, 6.07) is 26.8. The molecule has 0 bridgehead atoms. The molecule has 0 aliphatic heterocycles. The highest BCUT2D eigenvalue weighted by Crippen LogP contribution is 2.52. The summed E-state index contributed by atoms with van der Waals surface area (Å²) in [4.78, 5) is 8.26. The Balaban J connectivity index is 1.53. The summed E-state index contributed by atoms with van der Waals surface area (Å²) in [5.74, 6) is 0. The van der Waals surface area contributed by atoms with E-state index in [1.807, 2.05) is 68.9 Å². The van der Waals surface area contributed by atoms with Crippen molar-refractivity contribution in [1.82, 2.24) is 0 Å². The highest BCUT2D eigenvalue weighted by Gasteiger charge is 2.20. The molecule has 4 aromatic heterocycles. The van der Waals surface area contributed by atoms with Crippen LogP contribution >= 0.6 is 68.9 Å². The number of thiophene rings is 4. The van der Waals surface area contributed by atoms with Crippen LogP contribution in [0.2, 0.25) is 0 Å². The third kappa shape index (κ3) is 3.49. The van der Waals surface area contributed by atoms with Crippen molar-refractivity contribution in [3.63, 3.8) is 0 Å². The molecular weight excluding hydrogens is 505 g/mol. The Labute approximate surface area is 212 Å². The summed E-state index contributed by atoms with van der Waals surface area (Å²) in [6.45, 7) is 0. The van der Waals surface area contributed by atoms with Crippen LogP contribution < -0.4 is 0 Å². The maximum absolute atomic E-state index is 2.31. The first-order valence-electron chi connectivity index (χ1n) is 10.1. The van der Waals surface area contributed by atoms with Gasteiger partial charge in [-0.1, -0.05) is 48.5 Å². The second-order valence-electron chi connectivity index (χ2n) is 7.26. The van der Waals surface area contributed by atoms with Gasteiger partial charge in [-0.3, -0.25) is 0 Å². The average Bonchev–Trinajstić information content (AvgIpc) is 3.62. The third-order valence-corrected chi connectivity index (χ3v) is 12.8. The van der Waals surface area contributed by atoms with E-state index in [4.69, 9.17) is 0 Å². The quantitative estimate of drug-likeness (QED) is 0.206. The molecule has 0 saturated carbocycles. The summed E-state index contributed by atoms with van der Waals surface area (Å²) in [5.41, 5.74) is 0. The predicted molar refractivity (Wildman–Crippen MR) is 153 cm³/mol. The van der Waals surface area contributed by atoms with E-state index in [0.29, 0.717) is 0 Å². The number of rotatable bonds is 5. The minimum Gasteiger partial charge on any atom is -0.133 e. The van der Waals surface area contributed by atoms with E-state index in [0.717, 1.165) is 0 Å². The van der Waals surface area contributed by atoms with Crippen LogP contribution in [-0.4, -0.2) is 12.5 Å². The van der Waals surface area contributed by atoms with Crippen molar-refractivity contribution in [1.29, 1.82) is 0 Å². The van der Waals surface area contributed by atoms with E-state index in [1.54, 1.807) is 0 Å². The lowest BCUT2D eigenvalue weighted by Crippen LogP contribution is -1.70. The van der Waals surface area contributed by atoms with Crippen molar-refractivity contribution < 1.29 is 0 Å². The van der Waals surface area contributed by atoms with Crippen LogP contribution in [-0.2, 0) is 0 Å². The minimum atomic E-state index is 1.36. The first-order valence-corrected chi connectivity index (χ1v) is 15.8. The Morgan fingerprint density at radius 3 is 1.72 bits per heavy atom. The number of hydrogen-bond donors (Lipinski definition) is 0. The summed E-state index contributed by atoms with van der Waals surface area (Å²) in [5, 5.41) is 5.47. The second kappa shape index (κ2) is 8.67. The molecule has 4 heterocycles. The molecule has 2 aromatic carbocycles. The van der Waals surface area contributed by atoms with E-state index < -0.39 is 0 Å². The van der Waals surface area contributed by atoms with Crippen LogP contribution in [0.4, 0.5) is 0 Å². The summed E-state index contributed by atoms with van der Waals surface area (Å²) in [7, 11) is 0. The minimum absolute atomic E-state index is 1.36. The molecule has 6 heteroatoms. The SMILES string of the molecule is CSc1ccc(-c2ccc(-c3sc(-c4sc(SC)c5ccccc45)c4ccccc34)s2)s1. The normalized spacial score (nSPS) is 11.7. The zero-order valence-corrected chi connectivity index (χ0v) is 22.3. The molecule has 0 N–H and O–H groups in total. The molecule has 0 spiro atoms. The lowest BCUT2D eigenvalue weighted by molar-refractivity contribution is 1.74. The van der Waals surface area contributed by atoms with E-state index >= 15 is 0 Å². The molecule has 0 unspecified atom stereocenters. The Morgan fingerprint density at radius 1 is 0.469 bits per heavy atom. The fourth-order valence-electron chi connectivity index (χ4n) is 3.98. The van der Waals surface area contributed by atoms with Crippen LogP contribution in [0.25, 0.3) is 50.8 Å². The molecule has 6 aromatic rings. The molecule has 0 saturated heterocycles. The summed E-state index contributed by atoms with van der Waals surface area (Å²) >= 11 is 11.3. The van der Waals surface area contributed by atoms with Crippen molar-refractivity contribution in [3.05, 3.63) is 72.8 Å². The van der Waals surface area contributed by atoms with Crippen molar-refractivity contribution in [2.75, 3.05) is 12.5 Å². The van der Waals surface area contributed by atoms with E-state index in [1.165, 1.54) is 59.2 Å². The molecular formula is C26H18S6. The zero-order chi connectivity index (χ0) is 21.7. The molecule has 158 valence electrons. The molecule has 0 aliphatic carbocycles. The van der Waals surface area contributed by atoms with Crippen molar-refractivity contribution in [2.45, 2.75) is 8.42 Å². The van der Waals surface area contributed by atoms with Gasteiger partial charge in [0, 0.05) is 36.2 Å². The molecule has 0 radical (unpaired) electrons. The largest absolute Gasteiger partial charge is 0.133 e. The number of hydrogen-bond acceptors (Lipinski definition) is 6. The van der Waals surface area contributed by atoms with Crippen LogP contribution in [0.3, 0.4) is 0 Å². The molecule has 0 amide bonds. The maximum Gasteiger partial charge on any atom is 0.0681 e. The highest BCUT2D eigenvalue weighted by atomic mass is 32.2. The number of fused-ring (bicyclic) bond motifs is 2. The first-order chi connectivity index (χ1) is 15.8. The Kier molecular flexibility index (Phi) is 5.70. The van der Waals surface area contributed by atoms with E-state index in [-0.39, 0.29) is 0 Å². The van der Waals surface area contributed by atoms with Crippen molar-refractivity contribution in [2.24, 2.45) is 0 Å². The fraction of sp³-hybridized carbons (Fsp3) is 0.0769. The number of benzene rings is 2. The fourth-order valence-corrected chi connectivity index (χ4v) is 10.2. The smallest absolute Gasteiger partial charge is 0.0681 e. The standard InChI is InChI=1S/C26H18S6/c1-27-22-14-13-20(30-22)19-11-12-21(29-19)23-15-7-3-4-8-16(15)24(31-23)25-17-9-5-6-10-18(17)26(28-2)32-25/h3-14H,1-2H3. The van der Waals surface area contributed by atoms with Gasteiger partial charge in [-0.15, -0.1) is 68.9 Å². The molecule has 0 aliphatic rings. The third-order valence-electron chi connectivity index (χ3n) is 5.45. The number of thioether (sulfide) groups is 2. The lowest BCUT2D eigenvalue weighted by atomic mass is 10.1. The average molecular weight is 523 g/mol. The van der Waals surface area contributed by atoms with Crippen LogP contribution in [0.5, 0.6) is 0 Å². The van der Waals surface area contributed by atoms with E-state index in [2.05, 4.69) is 85.3 Å². The van der Waals surface area contributed by atoms with Gasteiger partial charge in [0.15, 0.2) is 0 Å². The summed E-state index contributed by atoms with van der Waals surface area (Å²) in [6.07, 6.45) is 4.33. The molecule has 0 atom stereocenters. The monoisotopic (exact) mass is 522 g/mol. The molecule has 6 rings (SSSR count). The van der Waals surface area contributed by atoms with Gasteiger partial charge >= 0.3 is 0 Å². The highest BCUT2D eigenvalue weighted by molar-refractivity contribution is 8.01. The van der Waals surface area contributed by atoms with Crippen LogP contribution in [0, 0.1) is 0 Å². The zero-order valence-electron chi connectivity index (χ0n) is 17.4. The van der Waals surface area contributed by atoms with Crippen molar-refractivity contribution in [3.8, 4) is 29.3 Å². The van der Waals surface area contributed by atoms with Gasteiger partial charge in [0.25, 0.3) is 0 Å². The topological polar surface area (TPSA) is 0 Å². The van der Waals surface area contributed by atoms with Crippen molar-refractivity contribution >= 4 is 90.4 Å². The molecule has 32 heavy (non-hydrogen) atoms. The second-order valence-corrected chi connectivity index (χ2v) is 13.7. The predicted octanol–water partition coefficient (Wildman–Crippen LogP) is 10.7. The van der Waals surface area contributed by atoms with E-state index in [9.17, 15) is 0 Å². The van der Waals surface area contributed by atoms with Crippen LogP contribution in [0.15, 0.2) is 81.2 Å². The molecule has 0 nitrogen and oxygen atoms in total. The Hall–Kier alpha value is -1.54. The lowest BCUT2D eigenvalue weighted by Gasteiger charge is -1.97. The first kappa shape index (κ1) is 21.0. The van der Waals surface area contributed by atoms with Gasteiger partial charge in [-0.2, -0.15) is 0 Å². The Morgan fingerprint density at radius 2 is 1.03 bits per heavy atom. The van der Waals surface area contributed by atoms with Gasteiger partial charge < -0.3 is 0 Å². The van der Waals surface area contributed by atoms with Crippen LogP contribution in [0.1, 0.15) is 0 Å². The van der Waals surface area contributed by atoms with Gasteiger partial charge in [0.05, 0.1) is 23.0 Å². The Bertz CT molecular complexity index is 1560. The van der Waals surface area contributed by atoms with Gasteiger partial charge in [0.2, 0.25) is 0 Å². The molecule has 0 fully saturated rings. The summed E-state index contributed by atoms with van der Waals surface area (Å²) < 4.78 is 2.77. The van der Waals surface area contributed by atoms with Gasteiger partial charge in [0.1, 0.15) is 0 Å².